The highest BCUT2D eigenvalue weighted by atomic mass is 16.2. The molecule has 0 radical (unpaired) electrons. The van der Waals surface area contributed by atoms with E-state index in [4.69, 9.17) is 0 Å². The van der Waals surface area contributed by atoms with Gasteiger partial charge in [0.15, 0.2) is 5.43 Å². The highest BCUT2D eigenvalue weighted by Crippen LogP contribution is 2.24. The summed E-state index contributed by atoms with van der Waals surface area (Å²) in [4.78, 5) is 36.4. The van der Waals surface area contributed by atoms with Crippen molar-refractivity contribution in [3.63, 3.8) is 0 Å². The summed E-state index contributed by atoms with van der Waals surface area (Å²) in [7, 11) is 5.50. The van der Waals surface area contributed by atoms with E-state index in [0.29, 0.717) is 13.1 Å². The maximum atomic E-state index is 13.5. The number of fused-ring (bicyclic) bond motifs is 1. The highest BCUT2D eigenvalue weighted by Gasteiger charge is 2.27. The maximum absolute atomic E-state index is 13.5. The fraction of sp³-hybridized carbons (Fsp3) is 0.367. The Labute approximate surface area is 219 Å². The number of aromatic nitrogens is 2. The molecular weight excluding hydrogens is 462 g/mol. The number of para-hydroxylation sites is 1. The average Bonchev–Trinajstić information content (AvgIpc) is 2.89. The highest BCUT2D eigenvalue weighted by molar-refractivity contribution is 5.88. The zero-order valence-electron chi connectivity index (χ0n) is 22.4. The molecule has 0 bridgehead atoms. The number of nitrogens with zero attached hydrogens (tertiary/aromatic N) is 5. The van der Waals surface area contributed by atoms with Crippen LogP contribution >= 0.6 is 0 Å². The lowest BCUT2D eigenvalue weighted by molar-refractivity contribution is -0.123. The summed E-state index contributed by atoms with van der Waals surface area (Å²) < 4.78 is 2.04. The van der Waals surface area contributed by atoms with Crippen LogP contribution in [-0.4, -0.2) is 63.4 Å². The van der Waals surface area contributed by atoms with Gasteiger partial charge in [-0.1, -0.05) is 18.7 Å². The first-order valence-electron chi connectivity index (χ1n) is 12.8. The van der Waals surface area contributed by atoms with Crippen LogP contribution in [0.1, 0.15) is 29.7 Å². The number of likely N-dealkylation sites (N-methyl/N-ethyl adjacent to an activating group) is 1. The standard InChI is InChI=1S/C30H37N5O2/c1-6-25(17-29(36)32(3)4)34-15-9-10-26(21-34)35(18-23-13-14-31-22(2)16-23)20-24-19-33(5)28-12-8-7-11-27(28)30(24)37/h6-8,11-14,16-17,19,26H,1,9-10,15,18,20-21H2,2-5H3/b25-17+/t26-/m0/s1. The van der Waals surface area contributed by atoms with Crippen molar-refractivity contribution < 1.29 is 4.79 Å². The largest absolute Gasteiger partial charge is 0.370 e. The first kappa shape index (κ1) is 26.4. The minimum Gasteiger partial charge on any atom is -0.370 e. The average molecular weight is 500 g/mol. The Balaban J connectivity index is 1.67. The van der Waals surface area contributed by atoms with Crippen molar-refractivity contribution in [2.45, 2.75) is 38.9 Å². The van der Waals surface area contributed by atoms with Crippen LogP contribution in [-0.2, 0) is 24.9 Å². The predicted octanol–water partition coefficient (Wildman–Crippen LogP) is 3.87. The zero-order valence-corrected chi connectivity index (χ0v) is 22.4. The Kier molecular flexibility index (Phi) is 8.24. The van der Waals surface area contributed by atoms with Crippen LogP contribution < -0.4 is 5.43 Å². The second-order valence-corrected chi connectivity index (χ2v) is 10.1. The van der Waals surface area contributed by atoms with Crippen molar-refractivity contribution in [1.29, 1.82) is 0 Å². The van der Waals surface area contributed by atoms with Crippen LogP contribution in [0.25, 0.3) is 10.9 Å². The molecule has 0 saturated carbocycles. The van der Waals surface area contributed by atoms with Crippen molar-refractivity contribution >= 4 is 16.8 Å². The van der Waals surface area contributed by atoms with Gasteiger partial charge in [-0.3, -0.25) is 19.5 Å². The minimum absolute atomic E-state index is 0.0548. The van der Waals surface area contributed by atoms with E-state index >= 15 is 0 Å². The maximum Gasteiger partial charge on any atom is 0.248 e. The molecule has 1 fully saturated rings. The van der Waals surface area contributed by atoms with Crippen LogP contribution in [0, 0.1) is 6.92 Å². The molecule has 1 amide bonds. The lowest BCUT2D eigenvalue weighted by Crippen LogP contribution is -2.47. The number of benzene rings is 1. The van der Waals surface area contributed by atoms with Gasteiger partial charge >= 0.3 is 0 Å². The van der Waals surface area contributed by atoms with E-state index in [1.54, 1.807) is 31.1 Å². The molecule has 0 unspecified atom stereocenters. The van der Waals surface area contributed by atoms with Gasteiger partial charge in [0.2, 0.25) is 5.91 Å². The summed E-state index contributed by atoms with van der Waals surface area (Å²) in [5.41, 5.74) is 4.78. The predicted molar refractivity (Wildman–Crippen MR) is 149 cm³/mol. The number of carbonyl (C=O) groups excluding carboxylic acids is 1. The second kappa shape index (κ2) is 11.6. The van der Waals surface area contributed by atoms with E-state index in [2.05, 4.69) is 27.4 Å². The van der Waals surface area contributed by atoms with Gasteiger partial charge in [0, 0.05) is 94.2 Å². The van der Waals surface area contributed by atoms with E-state index < -0.39 is 0 Å². The number of allylic oxidation sites excluding steroid dienone is 1. The molecule has 0 N–H and O–H groups in total. The number of hydrogen-bond donors (Lipinski definition) is 0. The van der Waals surface area contributed by atoms with E-state index in [1.807, 2.05) is 61.3 Å². The van der Waals surface area contributed by atoms with Crippen molar-refractivity contribution in [2.75, 3.05) is 27.2 Å². The minimum atomic E-state index is -0.0548. The lowest BCUT2D eigenvalue weighted by atomic mass is 10.0. The summed E-state index contributed by atoms with van der Waals surface area (Å²) in [6.45, 7) is 8.85. The lowest BCUT2D eigenvalue weighted by Gasteiger charge is -2.41. The van der Waals surface area contributed by atoms with Crippen molar-refractivity contribution in [2.24, 2.45) is 7.05 Å². The number of aryl methyl sites for hydroxylation is 2. The fourth-order valence-corrected chi connectivity index (χ4v) is 5.11. The number of pyridine rings is 2. The molecule has 7 heteroatoms. The molecule has 3 heterocycles. The molecule has 1 aromatic carbocycles. The Morgan fingerprint density at radius 1 is 1.22 bits per heavy atom. The first-order chi connectivity index (χ1) is 17.8. The Hall–Kier alpha value is -3.71. The van der Waals surface area contributed by atoms with Gasteiger partial charge in [0.25, 0.3) is 0 Å². The number of likely N-dealkylation sites (tertiary alicyclic amines) is 1. The molecular formula is C30H37N5O2. The van der Waals surface area contributed by atoms with Gasteiger partial charge in [-0.15, -0.1) is 0 Å². The topological polar surface area (TPSA) is 61.7 Å². The Morgan fingerprint density at radius 3 is 2.73 bits per heavy atom. The number of carbonyl (C=O) groups is 1. The van der Waals surface area contributed by atoms with Gasteiger partial charge < -0.3 is 14.4 Å². The van der Waals surface area contributed by atoms with Crippen molar-refractivity contribution in [1.82, 2.24) is 24.3 Å². The Morgan fingerprint density at radius 2 is 2.00 bits per heavy atom. The molecule has 0 aliphatic carbocycles. The van der Waals surface area contributed by atoms with Crippen molar-refractivity contribution in [3.05, 3.63) is 100 Å². The third kappa shape index (κ3) is 6.17. The van der Waals surface area contributed by atoms with Gasteiger partial charge in [0.05, 0.1) is 5.52 Å². The fourth-order valence-electron chi connectivity index (χ4n) is 5.11. The second-order valence-electron chi connectivity index (χ2n) is 10.1. The number of piperidine rings is 1. The molecule has 7 nitrogen and oxygen atoms in total. The first-order valence-corrected chi connectivity index (χ1v) is 12.8. The molecule has 2 aromatic heterocycles. The molecule has 1 atom stereocenters. The molecule has 1 aliphatic rings. The molecule has 1 aliphatic heterocycles. The monoisotopic (exact) mass is 499 g/mol. The molecule has 194 valence electrons. The zero-order chi connectivity index (χ0) is 26.5. The summed E-state index contributed by atoms with van der Waals surface area (Å²) in [6, 6.07) is 12.1. The van der Waals surface area contributed by atoms with Crippen LogP contribution in [0.2, 0.25) is 0 Å². The van der Waals surface area contributed by atoms with Gasteiger partial charge in [-0.2, -0.15) is 0 Å². The van der Waals surface area contributed by atoms with Crippen LogP contribution in [0.4, 0.5) is 0 Å². The molecule has 3 aromatic rings. The Bertz CT molecular complexity index is 1370. The van der Waals surface area contributed by atoms with Gasteiger partial charge in [-0.05, 0) is 55.7 Å². The normalized spacial score (nSPS) is 16.3. The summed E-state index contributed by atoms with van der Waals surface area (Å²) in [6.07, 6.45) is 9.25. The number of rotatable bonds is 8. The number of hydrogen-bond acceptors (Lipinski definition) is 5. The van der Waals surface area contributed by atoms with Crippen LogP contribution in [0.5, 0.6) is 0 Å². The third-order valence-corrected chi connectivity index (χ3v) is 7.09. The van der Waals surface area contributed by atoms with E-state index in [0.717, 1.165) is 53.8 Å². The van der Waals surface area contributed by atoms with E-state index in [1.165, 1.54) is 5.56 Å². The van der Waals surface area contributed by atoms with Gasteiger partial charge in [0.1, 0.15) is 0 Å². The van der Waals surface area contributed by atoms with E-state index in [9.17, 15) is 9.59 Å². The third-order valence-electron chi connectivity index (χ3n) is 7.09. The molecule has 37 heavy (non-hydrogen) atoms. The van der Waals surface area contributed by atoms with Crippen molar-refractivity contribution in [3.8, 4) is 0 Å². The summed E-state index contributed by atoms with van der Waals surface area (Å²) in [5.74, 6) is -0.0548. The molecule has 0 spiro atoms. The summed E-state index contributed by atoms with van der Waals surface area (Å²) in [5, 5.41) is 0.742. The SMILES string of the molecule is C=C/C(=C\C(=O)N(C)C)N1CCC[C@H](N(Cc2ccnc(C)c2)Cc2cn(C)c3ccccc3c2=O)C1. The smallest absolute Gasteiger partial charge is 0.248 e. The quantitative estimate of drug-likeness (QED) is 0.348. The van der Waals surface area contributed by atoms with Crippen LogP contribution in [0.15, 0.2) is 78.0 Å². The molecule has 4 rings (SSSR count). The summed E-state index contributed by atoms with van der Waals surface area (Å²) >= 11 is 0. The number of amides is 1. The molecule has 1 saturated heterocycles. The van der Waals surface area contributed by atoms with Gasteiger partial charge in [-0.25, -0.2) is 0 Å². The van der Waals surface area contributed by atoms with E-state index in [-0.39, 0.29) is 17.4 Å². The van der Waals surface area contributed by atoms with Crippen LogP contribution in [0.3, 0.4) is 0 Å².